The van der Waals surface area contributed by atoms with E-state index in [4.69, 9.17) is 5.11 Å². The fourth-order valence-corrected chi connectivity index (χ4v) is 1.02. The predicted octanol–water partition coefficient (Wildman–Crippen LogP) is 1.19. The minimum Gasteiger partial charge on any atom is -0.503 e. The fourth-order valence-electron chi connectivity index (χ4n) is 1.02. The molecule has 0 bridgehead atoms. The summed E-state index contributed by atoms with van der Waals surface area (Å²) < 4.78 is 43.7. The maximum Gasteiger partial charge on any atom is 0.574 e. The smallest absolute Gasteiger partial charge is 0.503 e. The summed E-state index contributed by atoms with van der Waals surface area (Å²) in [6.07, 6.45) is -4.06. The molecule has 0 saturated carbocycles. The summed E-state index contributed by atoms with van der Waals surface area (Å²) in [6.45, 7) is -0.703. The molecule has 5 nitrogen and oxygen atoms in total. The Labute approximate surface area is 88.1 Å². The van der Waals surface area contributed by atoms with Gasteiger partial charge in [-0.3, -0.25) is 0 Å². The summed E-state index contributed by atoms with van der Waals surface area (Å²) in [4.78, 5) is 3.21. The Hall–Kier alpha value is -1.70. The molecule has 0 atom stereocenters. The quantitative estimate of drug-likeness (QED) is 0.828. The Kier molecular flexibility index (Phi) is 3.43. The van der Waals surface area contributed by atoms with Crippen molar-refractivity contribution in [2.24, 2.45) is 0 Å². The van der Waals surface area contributed by atoms with E-state index in [0.717, 1.165) is 6.20 Å². The third-order valence-electron chi connectivity index (χ3n) is 1.68. The van der Waals surface area contributed by atoms with Gasteiger partial charge >= 0.3 is 6.36 Å². The second-order valence-electron chi connectivity index (χ2n) is 2.66. The zero-order valence-electron chi connectivity index (χ0n) is 8.08. The molecule has 90 valence electrons. The van der Waals surface area contributed by atoms with Crippen molar-refractivity contribution in [3.63, 3.8) is 0 Å². The number of aromatic nitrogens is 1. The van der Waals surface area contributed by atoms with Crippen molar-refractivity contribution >= 4 is 0 Å². The second-order valence-corrected chi connectivity index (χ2v) is 2.66. The number of aliphatic hydroxyl groups excluding tert-OH is 1. The molecule has 0 aliphatic carbocycles. The number of aliphatic hydroxyl groups is 1. The van der Waals surface area contributed by atoms with Crippen LogP contribution in [0.2, 0.25) is 0 Å². The van der Waals surface area contributed by atoms with Gasteiger partial charge < -0.3 is 19.7 Å². The Morgan fingerprint density at radius 2 is 2.06 bits per heavy atom. The van der Waals surface area contributed by atoms with E-state index in [-0.39, 0.29) is 11.3 Å². The minimum absolute atomic E-state index is 0.0328. The molecule has 0 unspecified atom stereocenters. The van der Waals surface area contributed by atoms with E-state index >= 15 is 0 Å². The van der Waals surface area contributed by atoms with E-state index in [1.54, 1.807) is 0 Å². The van der Waals surface area contributed by atoms with Gasteiger partial charge in [0, 0.05) is 0 Å². The standard InChI is InChI=1S/C8H8F3NO4/c1-15-5-2-12-7(16-8(9,10)11)6(14)4(5)3-13/h2,13-14H,3H2,1H3. The zero-order valence-corrected chi connectivity index (χ0v) is 8.08. The molecule has 1 aromatic rings. The van der Waals surface area contributed by atoms with Gasteiger partial charge in [0.2, 0.25) is 0 Å². The average Bonchev–Trinajstić information content (AvgIpc) is 2.19. The highest BCUT2D eigenvalue weighted by Gasteiger charge is 2.34. The summed E-state index contributed by atoms with van der Waals surface area (Å²) in [6, 6.07) is 0. The highest BCUT2D eigenvalue weighted by atomic mass is 19.4. The number of ether oxygens (including phenoxy) is 2. The maximum atomic E-state index is 11.9. The monoisotopic (exact) mass is 239 g/mol. The van der Waals surface area contributed by atoms with E-state index in [9.17, 15) is 18.3 Å². The first-order valence-corrected chi connectivity index (χ1v) is 4.00. The van der Waals surface area contributed by atoms with Gasteiger partial charge in [-0.1, -0.05) is 0 Å². The molecule has 8 heteroatoms. The molecule has 1 rings (SSSR count). The lowest BCUT2D eigenvalue weighted by molar-refractivity contribution is -0.276. The molecule has 1 heterocycles. The van der Waals surface area contributed by atoms with Crippen LogP contribution in [0.4, 0.5) is 13.2 Å². The molecule has 0 aliphatic heterocycles. The first kappa shape index (κ1) is 12.4. The first-order valence-electron chi connectivity index (χ1n) is 4.00. The number of hydrogen-bond acceptors (Lipinski definition) is 5. The van der Waals surface area contributed by atoms with Crippen LogP contribution in [0.15, 0.2) is 6.20 Å². The maximum absolute atomic E-state index is 11.9. The van der Waals surface area contributed by atoms with Crippen LogP contribution in [0, 0.1) is 0 Å². The summed E-state index contributed by atoms with van der Waals surface area (Å²) in [5.74, 6) is -1.97. The van der Waals surface area contributed by atoms with Crippen molar-refractivity contribution in [1.29, 1.82) is 0 Å². The fraction of sp³-hybridized carbons (Fsp3) is 0.375. The third-order valence-corrected chi connectivity index (χ3v) is 1.68. The SMILES string of the molecule is COc1cnc(OC(F)(F)F)c(O)c1CO. The Morgan fingerprint density at radius 3 is 2.50 bits per heavy atom. The molecular formula is C8H8F3NO4. The van der Waals surface area contributed by atoms with Gasteiger partial charge in [0.1, 0.15) is 5.75 Å². The number of methoxy groups -OCH3 is 1. The van der Waals surface area contributed by atoms with Gasteiger partial charge in [-0.25, -0.2) is 4.98 Å². The molecular weight excluding hydrogens is 231 g/mol. The van der Waals surface area contributed by atoms with Crippen LogP contribution < -0.4 is 9.47 Å². The van der Waals surface area contributed by atoms with Crippen LogP contribution >= 0.6 is 0 Å². The number of pyridine rings is 1. The molecule has 2 N–H and O–H groups in total. The Bertz CT molecular complexity index is 380. The van der Waals surface area contributed by atoms with Crippen LogP contribution in [-0.4, -0.2) is 28.7 Å². The molecule has 0 saturated heterocycles. The highest BCUT2D eigenvalue weighted by Crippen LogP contribution is 2.36. The number of aromatic hydroxyl groups is 1. The normalized spacial score (nSPS) is 11.3. The molecule has 16 heavy (non-hydrogen) atoms. The summed E-state index contributed by atoms with van der Waals surface area (Å²) in [5.41, 5.74) is -0.225. The van der Waals surface area contributed by atoms with Gasteiger partial charge in [0.25, 0.3) is 5.88 Å². The number of alkyl halides is 3. The molecule has 0 spiro atoms. The lowest BCUT2D eigenvalue weighted by atomic mass is 10.2. The zero-order chi connectivity index (χ0) is 12.3. The second kappa shape index (κ2) is 4.44. The molecule has 0 fully saturated rings. The Morgan fingerprint density at radius 1 is 1.44 bits per heavy atom. The highest BCUT2D eigenvalue weighted by molar-refractivity contribution is 5.47. The van der Waals surface area contributed by atoms with Gasteiger partial charge in [-0.15, -0.1) is 13.2 Å². The van der Waals surface area contributed by atoms with Crippen molar-refractivity contribution in [2.45, 2.75) is 13.0 Å². The molecule has 0 aliphatic rings. The first-order chi connectivity index (χ1) is 7.39. The number of hydrogen-bond donors (Lipinski definition) is 2. The largest absolute Gasteiger partial charge is 0.574 e. The lowest BCUT2D eigenvalue weighted by Crippen LogP contribution is -2.18. The van der Waals surface area contributed by atoms with Crippen LogP contribution in [0.3, 0.4) is 0 Å². The number of nitrogens with zero attached hydrogens (tertiary/aromatic N) is 1. The summed E-state index contributed by atoms with van der Waals surface area (Å²) >= 11 is 0. The van der Waals surface area contributed by atoms with Crippen molar-refractivity contribution in [2.75, 3.05) is 7.11 Å². The Balaban J connectivity index is 3.14. The van der Waals surface area contributed by atoms with E-state index < -0.39 is 24.6 Å². The molecule has 1 aromatic heterocycles. The minimum atomic E-state index is -4.97. The van der Waals surface area contributed by atoms with Gasteiger partial charge in [0.05, 0.1) is 25.5 Å². The van der Waals surface area contributed by atoms with Crippen LogP contribution in [0.5, 0.6) is 17.4 Å². The van der Waals surface area contributed by atoms with Gasteiger partial charge in [-0.2, -0.15) is 0 Å². The topological polar surface area (TPSA) is 71.8 Å². The molecule has 0 radical (unpaired) electrons. The van der Waals surface area contributed by atoms with E-state index in [1.165, 1.54) is 7.11 Å². The predicted molar refractivity (Wildman–Crippen MR) is 45.1 cm³/mol. The van der Waals surface area contributed by atoms with Crippen molar-refractivity contribution in [1.82, 2.24) is 4.98 Å². The van der Waals surface area contributed by atoms with Crippen molar-refractivity contribution in [3.8, 4) is 17.4 Å². The average molecular weight is 239 g/mol. The van der Waals surface area contributed by atoms with E-state index in [0.29, 0.717) is 0 Å². The number of halogens is 3. The van der Waals surface area contributed by atoms with Crippen LogP contribution in [-0.2, 0) is 6.61 Å². The van der Waals surface area contributed by atoms with Crippen molar-refractivity contribution < 1.29 is 32.9 Å². The third kappa shape index (κ3) is 2.66. The van der Waals surface area contributed by atoms with Gasteiger partial charge in [-0.05, 0) is 0 Å². The van der Waals surface area contributed by atoms with E-state index in [1.807, 2.05) is 0 Å². The van der Waals surface area contributed by atoms with Crippen LogP contribution in [0.1, 0.15) is 5.56 Å². The van der Waals surface area contributed by atoms with Gasteiger partial charge in [0.15, 0.2) is 5.75 Å². The molecule has 0 aromatic carbocycles. The lowest BCUT2D eigenvalue weighted by Gasteiger charge is -2.13. The summed E-state index contributed by atoms with van der Waals surface area (Å²) in [5, 5.41) is 18.2. The number of rotatable bonds is 3. The van der Waals surface area contributed by atoms with Crippen molar-refractivity contribution in [3.05, 3.63) is 11.8 Å². The summed E-state index contributed by atoms with van der Waals surface area (Å²) in [7, 11) is 1.22. The molecule has 0 amide bonds. The van der Waals surface area contributed by atoms with E-state index in [2.05, 4.69) is 14.5 Å². The van der Waals surface area contributed by atoms with Crippen LogP contribution in [0.25, 0.3) is 0 Å².